The van der Waals surface area contributed by atoms with Gasteiger partial charge in [-0.2, -0.15) is 0 Å². The van der Waals surface area contributed by atoms with Crippen LogP contribution in [0.4, 0.5) is 13.6 Å². The predicted octanol–water partition coefficient (Wildman–Crippen LogP) is 3.33. The Hall–Kier alpha value is -3.40. The lowest BCUT2D eigenvalue weighted by molar-refractivity contribution is 0.0695. The van der Waals surface area contributed by atoms with Gasteiger partial charge in [0.25, 0.3) is 0 Å². The Morgan fingerprint density at radius 2 is 1.77 bits per heavy atom. The fourth-order valence-corrected chi connectivity index (χ4v) is 1.97. The first-order valence-corrected chi connectivity index (χ1v) is 7.63. The van der Waals surface area contributed by atoms with Crippen LogP contribution in [0.5, 0.6) is 0 Å². The van der Waals surface area contributed by atoms with Crippen molar-refractivity contribution in [3.05, 3.63) is 70.8 Å². The number of nitrogens with one attached hydrogen (secondary N) is 1. The number of benzene rings is 2. The van der Waals surface area contributed by atoms with Crippen LogP contribution in [0.3, 0.4) is 0 Å². The smallest absolute Gasteiger partial charge is 0.407 e. The molecule has 1 amide bonds. The molecule has 0 aromatic heterocycles. The Bertz CT molecular complexity index is 834. The van der Waals surface area contributed by atoms with Crippen molar-refractivity contribution >= 4 is 12.1 Å². The van der Waals surface area contributed by atoms with E-state index in [1.165, 1.54) is 0 Å². The minimum absolute atomic E-state index is 0.130. The Labute approximate surface area is 148 Å². The molecule has 0 aliphatic rings. The molecule has 0 unspecified atom stereocenters. The van der Waals surface area contributed by atoms with Gasteiger partial charge in [-0.1, -0.05) is 42.2 Å². The molecule has 0 aliphatic carbocycles. The number of ether oxygens (including phenoxy) is 1. The number of hydrogen-bond acceptors (Lipinski definition) is 3. The SMILES string of the molecule is O=C(NCCC#Cc1c(F)cc(C(=O)O)cc1F)OCc1ccccc1. The number of carboxylic acid groups (broad SMARTS) is 1. The molecule has 2 aromatic carbocycles. The van der Waals surface area contributed by atoms with Crippen LogP contribution < -0.4 is 5.32 Å². The molecular formula is C19H15F2NO4. The highest BCUT2D eigenvalue weighted by Gasteiger charge is 2.12. The van der Waals surface area contributed by atoms with E-state index >= 15 is 0 Å². The Kier molecular flexibility index (Phi) is 6.68. The first-order chi connectivity index (χ1) is 12.5. The highest BCUT2D eigenvalue weighted by atomic mass is 19.1. The van der Waals surface area contributed by atoms with E-state index < -0.39 is 34.8 Å². The first-order valence-electron chi connectivity index (χ1n) is 7.63. The zero-order valence-corrected chi connectivity index (χ0v) is 13.6. The van der Waals surface area contributed by atoms with Crippen LogP contribution in [0.25, 0.3) is 0 Å². The summed E-state index contributed by atoms with van der Waals surface area (Å²) in [7, 11) is 0. The van der Waals surface area contributed by atoms with E-state index in [0.29, 0.717) is 12.1 Å². The van der Waals surface area contributed by atoms with Crippen LogP contribution >= 0.6 is 0 Å². The number of alkyl carbamates (subject to hydrolysis) is 1. The summed E-state index contributed by atoms with van der Waals surface area (Å²) in [6.45, 7) is 0.266. The molecular weight excluding hydrogens is 344 g/mol. The summed E-state index contributed by atoms with van der Waals surface area (Å²) in [5.41, 5.74) is -0.159. The third kappa shape index (κ3) is 5.60. The van der Waals surface area contributed by atoms with E-state index in [1.54, 1.807) is 0 Å². The maximum Gasteiger partial charge on any atom is 0.407 e. The van der Waals surface area contributed by atoms with Crippen molar-refractivity contribution in [1.29, 1.82) is 0 Å². The molecule has 0 radical (unpaired) electrons. The summed E-state index contributed by atoms with van der Waals surface area (Å²) in [5.74, 6) is 1.28. The van der Waals surface area contributed by atoms with Crippen molar-refractivity contribution in [3.63, 3.8) is 0 Å². The van der Waals surface area contributed by atoms with Crippen LogP contribution in [-0.2, 0) is 11.3 Å². The van der Waals surface area contributed by atoms with E-state index in [0.717, 1.165) is 5.56 Å². The predicted molar refractivity (Wildman–Crippen MR) is 89.4 cm³/mol. The lowest BCUT2D eigenvalue weighted by Gasteiger charge is -2.05. The fraction of sp³-hybridized carbons (Fsp3) is 0.158. The van der Waals surface area contributed by atoms with Crippen molar-refractivity contribution in [3.8, 4) is 11.8 Å². The van der Waals surface area contributed by atoms with Crippen LogP contribution in [-0.4, -0.2) is 23.7 Å². The van der Waals surface area contributed by atoms with Gasteiger partial charge in [0.05, 0.1) is 11.1 Å². The second-order valence-corrected chi connectivity index (χ2v) is 5.16. The van der Waals surface area contributed by atoms with Gasteiger partial charge in [0.1, 0.15) is 18.2 Å². The van der Waals surface area contributed by atoms with Gasteiger partial charge in [0.2, 0.25) is 0 Å². The van der Waals surface area contributed by atoms with Crippen molar-refractivity contribution in [1.82, 2.24) is 5.32 Å². The number of carboxylic acids is 1. The molecule has 0 spiro atoms. The van der Waals surface area contributed by atoms with Crippen LogP contribution in [0.15, 0.2) is 42.5 Å². The van der Waals surface area contributed by atoms with E-state index in [9.17, 15) is 18.4 Å². The average Bonchev–Trinajstić information content (AvgIpc) is 2.62. The van der Waals surface area contributed by atoms with E-state index in [1.807, 2.05) is 30.3 Å². The summed E-state index contributed by atoms with van der Waals surface area (Å²) in [6.07, 6.45) is -0.487. The Morgan fingerprint density at radius 1 is 1.12 bits per heavy atom. The average molecular weight is 359 g/mol. The lowest BCUT2D eigenvalue weighted by atomic mass is 10.1. The minimum Gasteiger partial charge on any atom is -0.478 e. The summed E-state index contributed by atoms with van der Waals surface area (Å²) in [4.78, 5) is 22.2. The van der Waals surface area contributed by atoms with Crippen LogP contribution in [0, 0.1) is 23.5 Å². The van der Waals surface area contributed by atoms with Gasteiger partial charge >= 0.3 is 12.1 Å². The van der Waals surface area contributed by atoms with Crippen molar-refractivity contribution in [2.45, 2.75) is 13.0 Å². The molecule has 26 heavy (non-hydrogen) atoms. The molecule has 2 aromatic rings. The molecule has 0 saturated carbocycles. The fourth-order valence-electron chi connectivity index (χ4n) is 1.97. The number of carbonyl (C=O) groups is 2. The third-order valence-electron chi connectivity index (χ3n) is 3.23. The zero-order chi connectivity index (χ0) is 18.9. The zero-order valence-electron chi connectivity index (χ0n) is 13.6. The van der Waals surface area contributed by atoms with Gasteiger partial charge in [-0.25, -0.2) is 18.4 Å². The molecule has 134 valence electrons. The number of rotatable bonds is 5. The van der Waals surface area contributed by atoms with E-state index in [4.69, 9.17) is 9.84 Å². The van der Waals surface area contributed by atoms with Crippen LogP contribution in [0.1, 0.15) is 27.9 Å². The molecule has 0 aliphatic heterocycles. The molecule has 2 rings (SSSR count). The quantitative estimate of drug-likeness (QED) is 0.634. The summed E-state index contributed by atoms with van der Waals surface area (Å²) in [5, 5.41) is 11.2. The number of amides is 1. The van der Waals surface area contributed by atoms with Crippen LogP contribution in [0.2, 0.25) is 0 Å². The van der Waals surface area contributed by atoms with Gasteiger partial charge in [-0.05, 0) is 17.7 Å². The van der Waals surface area contributed by atoms with Gasteiger partial charge in [0.15, 0.2) is 0 Å². The second-order valence-electron chi connectivity index (χ2n) is 5.16. The molecule has 0 bridgehead atoms. The van der Waals surface area contributed by atoms with Gasteiger partial charge in [0, 0.05) is 13.0 Å². The monoisotopic (exact) mass is 359 g/mol. The molecule has 0 heterocycles. The van der Waals surface area contributed by atoms with E-state index in [-0.39, 0.29) is 19.6 Å². The number of aromatic carboxylic acids is 1. The second kappa shape index (κ2) is 9.18. The van der Waals surface area contributed by atoms with Gasteiger partial charge < -0.3 is 15.2 Å². The topological polar surface area (TPSA) is 75.6 Å². The minimum atomic E-state index is -1.43. The Balaban J connectivity index is 1.80. The van der Waals surface area contributed by atoms with Gasteiger partial charge in [-0.15, -0.1) is 0 Å². The normalized spacial score (nSPS) is 9.77. The standard InChI is InChI=1S/C19H15F2NO4/c20-16-10-14(18(23)24)11-17(21)15(16)8-4-5-9-22-19(25)26-12-13-6-2-1-3-7-13/h1-3,6-7,10-11H,5,9,12H2,(H,22,25)(H,23,24). The molecule has 0 saturated heterocycles. The van der Waals surface area contributed by atoms with Crippen molar-refractivity contribution < 1.29 is 28.2 Å². The molecule has 0 atom stereocenters. The highest BCUT2D eigenvalue weighted by Crippen LogP contribution is 2.14. The molecule has 7 heteroatoms. The maximum atomic E-state index is 13.7. The third-order valence-corrected chi connectivity index (χ3v) is 3.23. The number of halogens is 2. The number of carbonyl (C=O) groups excluding carboxylic acids is 1. The largest absolute Gasteiger partial charge is 0.478 e. The summed E-state index contributed by atoms with van der Waals surface area (Å²) in [6, 6.07) is 10.5. The molecule has 2 N–H and O–H groups in total. The van der Waals surface area contributed by atoms with Gasteiger partial charge in [-0.3, -0.25) is 0 Å². The lowest BCUT2D eigenvalue weighted by Crippen LogP contribution is -2.24. The highest BCUT2D eigenvalue weighted by molar-refractivity contribution is 5.87. The van der Waals surface area contributed by atoms with E-state index in [2.05, 4.69) is 17.2 Å². The molecule has 0 fully saturated rings. The van der Waals surface area contributed by atoms with Crippen molar-refractivity contribution in [2.24, 2.45) is 0 Å². The number of hydrogen-bond donors (Lipinski definition) is 2. The van der Waals surface area contributed by atoms with Crippen molar-refractivity contribution in [2.75, 3.05) is 6.54 Å². The maximum absolute atomic E-state index is 13.7. The Morgan fingerprint density at radius 3 is 2.38 bits per heavy atom. The summed E-state index contributed by atoms with van der Waals surface area (Å²) < 4.78 is 32.3. The first kappa shape index (κ1) is 18.9. The molecule has 5 nitrogen and oxygen atoms in total. The summed E-state index contributed by atoms with van der Waals surface area (Å²) >= 11 is 0.